The highest BCUT2D eigenvalue weighted by molar-refractivity contribution is 5.83. The number of aliphatic hydroxyl groups is 1. The molecule has 1 aromatic heterocycles. The van der Waals surface area contributed by atoms with Crippen molar-refractivity contribution in [3.8, 4) is 11.5 Å². The molecule has 1 aromatic carbocycles. The third kappa shape index (κ3) is 6.22. The summed E-state index contributed by atoms with van der Waals surface area (Å²) < 4.78 is 49.4. The van der Waals surface area contributed by atoms with Crippen LogP contribution < -0.4 is 20.7 Å². The maximum absolute atomic E-state index is 12.8. The molecule has 2 rings (SSSR count). The van der Waals surface area contributed by atoms with E-state index in [9.17, 15) is 22.8 Å². The molecule has 0 fully saturated rings. The van der Waals surface area contributed by atoms with E-state index in [0.717, 1.165) is 16.7 Å². The van der Waals surface area contributed by atoms with Crippen LogP contribution in [-0.4, -0.2) is 33.1 Å². The highest BCUT2D eigenvalue weighted by atomic mass is 19.4. The molecule has 1 heterocycles. The largest absolute Gasteiger partial charge is 0.573 e. The molecule has 0 atom stereocenters. The Morgan fingerprint density at radius 1 is 1.22 bits per heavy atom. The van der Waals surface area contributed by atoms with Crippen molar-refractivity contribution in [2.75, 3.05) is 6.61 Å². The quantitative estimate of drug-likeness (QED) is 0.485. The molecule has 0 radical (unpaired) electrons. The second-order valence-electron chi connectivity index (χ2n) is 7.26. The lowest BCUT2D eigenvalue weighted by atomic mass is 10.2. The first kappa shape index (κ1) is 25.2. The lowest BCUT2D eigenvalue weighted by Gasteiger charge is -2.17. The van der Waals surface area contributed by atoms with Gasteiger partial charge in [-0.1, -0.05) is 26.8 Å². The molecule has 32 heavy (non-hydrogen) atoms. The molecule has 0 unspecified atom stereocenters. The maximum Gasteiger partial charge on any atom is 0.573 e. The van der Waals surface area contributed by atoms with E-state index in [0.29, 0.717) is 0 Å². The number of aliphatic imine (C=N–C) groups is 1. The van der Waals surface area contributed by atoms with Gasteiger partial charge in [-0.25, -0.2) is 4.79 Å². The van der Waals surface area contributed by atoms with Crippen molar-refractivity contribution < 1.29 is 27.8 Å². The Bertz CT molecular complexity index is 1090. The Hall–Kier alpha value is -3.08. The first-order valence-electron chi connectivity index (χ1n) is 10.0. The molecule has 0 saturated carbocycles. The van der Waals surface area contributed by atoms with E-state index in [1.807, 2.05) is 0 Å². The number of ether oxygens (including phenoxy) is 2. The number of nitrogens with zero attached hydrogens (tertiary/aromatic N) is 3. The first-order valence-corrected chi connectivity index (χ1v) is 10.0. The number of benzene rings is 1. The third-order valence-electron chi connectivity index (χ3n) is 4.47. The number of halogens is 3. The highest BCUT2D eigenvalue weighted by Crippen LogP contribution is 2.27. The fraction of sp³-hybridized carbons (Fsp3) is 0.476. The van der Waals surface area contributed by atoms with Gasteiger partial charge in [0, 0.05) is 32.2 Å². The minimum absolute atomic E-state index is 0.0542. The summed E-state index contributed by atoms with van der Waals surface area (Å²) in [7, 11) is 1.46. The predicted octanol–water partition coefficient (Wildman–Crippen LogP) is 3.16. The molecule has 0 aliphatic carbocycles. The van der Waals surface area contributed by atoms with Gasteiger partial charge in [0.2, 0.25) is 0 Å². The Morgan fingerprint density at radius 3 is 2.44 bits per heavy atom. The van der Waals surface area contributed by atoms with Crippen molar-refractivity contribution in [3.05, 3.63) is 50.7 Å². The van der Waals surface area contributed by atoms with Crippen LogP contribution in [0.4, 0.5) is 19.0 Å². The van der Waals surface area contributed by atoms with Gasteiger partial charge in [0.05, 0.1) is 5.56 Å². The van der Waals surface area contributed by atoms with Crippen LogP contribution in [0.25, 0.3) is 0 Å². The summed E-state index contributed by atoms with van der Waals surface area (Å²) in [6.07, 6.45) is -4.31. The zero-order valence-corrected chi connectivity index (χ0v) is 18.3. The highest BCUT2D eigenvalue weighted by Gasteiger charge is 2.31. The number of hydrogen-bond acceptors (Lipinski definition) is 6. The van der Waals surface area contributed by atoms with Crippen LogP contribution >= 0.6 is 0 Å². The fourth-order valence-electron chi connectivity index (χ4n) is 2.93. The Morgan fingerprint density at radius 2 is 1.88 bits per heavy atom. The second kappa shape index (κ2) is 10.5. The topological polar surface area (TPSA) is 95.1 Å². The van der Waals surface area contributed by atoms with Gasteiger partial charge in [-0.15, -0.1) is 13.2 Å². The molecule has 2 aromatic rings. The zero-order valence-electron chi connectivity index (χ0n) is 18.3. The number of aromatic nitrogens is 2. The number of hydrogen-bond donors (Lipinski definition) is 1. The van der Waals surface area contributed by atoms with E-state index < -0.39 is 23.4 Å². The van der Waals surface area contributed by atoms with Crippen LogP contribution in [-0.2, 0) is 20.0 Å². The summed E-state index contributed by atoms with van der Waals surface area (Å²) in [5.41, 5.74) is -0.824. The number of rotatable bonds is 8. The lowest BCUT2D eigenvalue weighted by molar-refractivity contribution is -0.274. The SMILES string of the molecule is CCc1c(/N=C(/Oc2cccc(OC(F)(F)F)c2)C(C)C)n(C)c(=O)n(CCCO)c1=O. The maximum atomic E-state index is 12.8. The Labute approximate surface area is 182 Å². The molecule has 0 aliphatic rings. The molecule has 0 spiro atoms. The molecule has 0 saturated heterocycles. The molecule has 0 aliphatic heterocycles. The van der Waals surface area contributed by atoms with E-state index in [-0.39, 0.29) is 54.9 Å². The smallest absolute Gasteiger partial charge is 0.443 e. The summed E-state index contributed by atoms with van der Waals surface area (Å²) in [6, 6.07) is 4.98. The van der Waals surface area contributed by atoms with E-state index in [4.69, 9.17) is 9.84 Å². The number of alkyl halides is 3. The van der Waals surface area contributed by atoms with Crippen molar-refractivity contribution in [3.63, 3.8) is 0 Å². The van der Waals surface area contributed by atoms with Crippen molar-refractivity contribution in [2.45, 2.75) is 46.5 Å². The summed E-state index contributed by atoms with van der Waals surface area (Å²) >= 11 is 0. The summed E-state index contributed by atoms with van der Waals surface area (Å²) in [5, 5.41) is 9.03. The van der Waals surface area contributed by atoms with Crippen LogP contribution in [0.1, 0.15) is 32.8 Å². The van der Waals surface area contributed by atoms with Gasteiger partial charge in [-0.2, -0.15) is 4.99 Å². The molecular formula is C21H26F3N3O5. The molecule has 0 amide bonds. The summed E-state index contributed by atoms with van der Waals surface area (Å²) in [6.45, 7) is 5.14. The van der Waals surface area contributed by atoms with Gasteiger partial charge in [0.25, 0.3) is 5.56 Å². The minimum Gasteiger partial charge on any atom is -0.443 e. The molecule has 8 nitrogen and oxygen atoms in total. The summed E-state index contributed by atoms with van der Waals surface area (Å²) in [4.78, 5) is 29.9. The van der Waals surface area contributed by atoms with Gasteiger partial charge in [-0.05, 0) is 25.0 Å². The Kier molecular flexibility index (Phi) is 8.25. The third-order valence-corrected chi connectivity index (χ3v) is 4.47. The van der Waals surface area contributed by atoms with E-state index in [1.54, 1.807) is 20.8 Å². The number of aliphatic hydroxyl groups excluding tert-OH is 1. The second-order valence-corrected chi connectivity index (χ2v) is 7.26. The van der Waals surface area contributed by atoms with Crippen LogP contribution in [0.5, 0.6) is 11.5 Å². The van der Waals surface area contributed by atoms with Crippen molar-refractivity contribution in [2.24, 2.45) is 18.0 Å². The average Bonchev–Trinajstić information content (AvgIpc) is 2.70. The molecular weight excluding hydrogens is 431 g/mol. The monoisotopic (exact) mass is 457 g/mol. The van der Waals surface area contributed by atoms with Crippen molar-refractivity contribution in [1.29, 1.82) is 0 Å². The van der Waals surface area contributed by atoms with Crippen LogP contribution in [0.15, 0.2) is 38.8 Å². The van der Waals surface area contributed by atoms with Gasteiger partial charge < -0.3 is 14.6 Å². The fourth-order valence-corrected chi connectivity index (χ4v) is 2.93. The minimum atomic E-state index is -4.85. The van der Waals surface area contributed by atoms with Gasteiger partial charge >= 0.3 is 12.1 Å². The molecule has 176 valence electrons. The van der Waals surface area contributed by atoms with Crippen LogP contribution in [0, 0.1) is 5.92 Å². The van der Waals surface area contributed by atoms with Gasteiger partial charge in [0.1, 0.15) is 17.3 Å². The predicted molar refractivity (Wildman–Crippen MR) is 113 cm³/mol. The standard InChI is InChI=1S/C21H26F3N3O5/c1-5-16-17(26(4)20(30)27(19(16)29)10-7-11-28)25-18(13(2)3)31-14-8-6-9-15(12-14)32-21(22,23)24/h6,8-9,12-13,28H,5,7,10-11H2,1-4H3/b25-18+. The van der Waals surface area contributed by atoms with Gasteiger partial charge in [0.15, 0.2) is 5.90 Å². The lowest BCUT2D eigenvalue weighted by Crippen LogP contribution is -2.41. The Balaban J connectivity index is 2.53. The normalized spacial score (nSPS) is 12.3. The summed E-state index contributed by atoms with van der Waals surface area (Å²) in [5.74, 6) is -0.510. The molecule has 0 bridgehead atoms. The zero-order chi connectivity index (χ0) is 24.1. The van der Waals surface area contributed by atoms with Crippen LogP contribution in [0.3, 0.4) is 0 Å². The van der Waals surface area contributed by atoms with Crippen molar-refractivity contribution in [1.82, 2.24) is 9.13 Å². The van der Waals surface area contributed by atoms with Crippen molar-refractivity contribution >= 4 is 11.7 Å². The molecule has 1 N–H and O–H groups in total. The van der Waals surface area contributed by atoms with Crippen LogP contribution in [0.2, 0.25) is 0 Å². The van der Waals surface area contributed by atoms with Gasteiger partial charge in [-0.3, -0.25) is 13.9 Å². The van der Waals surface area contributed by atoms with E-state index in [1.165, 1.54) is 23.7 Å². The molecule has 11 heteroatoms. The van der Waals surface area contributed by atoms with E-state index >= 15 is 0 Å². The van der Waals surface area contributed by atoms with E-state index in [2.05, 4.69) is 9.73 Å². The average molecular weight is 457 g/mol. The first-order chi connectivity index (χ1) is 15.0.